The van der Waals surface area contributed by atoms with Gasteiger partial charge in [-0.2, -0.15) is 0 Å². The van der Waals surface area contributed by atoms with Crippen LogP contribution in [0.5, 0.6) is 0 Å². The number of aromatic nitrogens is 2. The van der Waals surface area contributed by atoms with Crippen molar-refractivity contribution in [1.29, 1.82) is 0 Å². The number of carboxylic acids is 1. The van der Waals surface area contributed by atoms with E-state index in [1.54, 1.807) is 29.5 Å². The molecule has 146 valence electrons. The minimum atomic E-state index is -0.956. The van der Waals surface area contributed by atoms with Crippen LogP contribution < -0.4 is 5.32 Å². The summed E-state index contributed by atoms with van der Waals surface area (Å²) in [6.07, 6.45) is 1.53. The van der Waals surface area contributed by atoms with Gasteiger partial charge in [0.25, 0.3) is 0 Å². The number of nitrogens with zero attached hydrogens (tertiary/aromatic N) is 2. The molecule has 0 aliphatic heterocycles. The molecule has 4 rings (SSSR count). The van der Waals surface area contributed by atoms with Crippen molar-refractivity contribution in [1.82, 2.24) is 9.97 Å². The van der Waals surface area contributed by atoms with Crippen molar-refractivity contribution in [3.63, 3.8) is 0 Å². The molecule has 2 heterocycles. The first kappa shape index (κ1) is 19.1. The van der Waals surface area contributed by atoms with Crippen molar-refractivity contribution in [2.24, 2.45) is 0 Å². The van der Waals surface area contributed by atoms with Crippen LogP contribution in [-0.4, -0.2) is 21.0 Å². The lowest BCUT2D eigenvalue weighted by Crippen LogP contribution is -2.01. The van der Waals surface area contributed by atoms with Crippen molar-refractivity contribution in [3.8, 4) is 11.1 Å². The number of aromatic carboxylic acids is 1. The van der Waals surface area contributed by atoms with Crippen LogP contribution in [0.1, 0.15) is 41.3 Å². The Bertz CT molecular complexity index is 1200. The molecule has 0 radical (unpaired) electrons. The molecule has 0 aliphatic rings. The number of fused-ring (bicyclic) bond motifs is 1. The van der Waals surface area contributed by atoms with E-state index in [-0.39, 0.29) is 5.56 Å². The standard InChI is InChI=1S/C23H21N3O2S/c1-13(2)15-6-8-16(9-7-15)18-11-29-22-20(18)21(24-12-25-22)26-19-10-17(23(27)28)5-4-14(19)3/h4-13H,1-3H3,(H,27,28)(H,24,25,26). The SMILES string of the molecule is Cc1ccc(C(=O)O)cc1Nc1ncnc2scc(-c3ccc(C(C)C)cc3)c12. The number of thiophene rings is 1. The van der Waals surface area contributed by atoms with Crippen molar-refractivity contribution >= 4 is 39.0 Å². The molecule has 0 spiro atoms. The number of hydrogen-bond acceptors (Lipinski definition) is 5. The van der Waals surface area contributed by atoms with E-state index in [4.69, 9.17) is 0 Å². The third kappa shape index (κ3) is 3.71. The van der Waals surface area contributed by atoms with E-state index in [9.17, 15) is 9.90 Å². The van der Waals surface area contributed by atoms with E-state index in [1.807, 2.05) is 6.92 Å². The largest absolute Gasteiger partial charge is 0.478 e. The zero-order valence-corrected chi connectivity index (χ0v) is 17.2. The lowest BCUT2D eigenvalue weighted by Gasteiger charge is -2.12. The molecule has 0 amide bonds. The van der Waals surface area contributed by atoms with E-state index >= 15 is 0 Å². The van der Waals surface area contributed by atoms with Gasteiger partial charge in [0, 0.05) is 16.6 Å². The predicted molar refractivity (Wildman–Crippen MR) is 118 cm³/mol. The second-order valence-corrected chi connectivity index (χ2v) is 8.15. The molecule has 0 saturated carbocycles. The van der Waals surface area contributed by atoms with Crippen molar-refractivity contribution in [2.75, 3.05) is 5.32 Å². The maximum atomic E-state index is 11.4. The summed E-state index contributed by atoms with van der Waals surface area (Å²) in [7, 11) is 0. The molecule has 0 aliphatic carbocycles. The molecule has 2 aromatic heterocycles. The molecule has 6 heteroatoms. The van der Waals surface area contributed by atoms with Gasteiger partial charge in [-0.05, 0) is 41.7 Å². The molecule has 0 bridgehead atoms. The fourth-order valence-corrected chi connectivity index (χ4v) is 4.16. The van der Waals surface area contributed by atoms with Gasteiger partial charge in [-0.25, -0.2) is 14.8 Å². The number of anilines is 2. The summed E-state index contributed by atoms with van der Waals surface area (Å²) in [5, 5.41) is 15.7. The molecule has 0 atom stereocenters. The van der Waals surface area contributed by atoms with Gasteiger partial charge in [0.05, 0.1) is 10.9 Å². The zero-order chi connectivity index (χ0) is 20.5. The normalized spacial score (nSPS) is 11.2. The minimum absolute atomic E-state index is 0.234. The van der Waals surface area contributed by atoms with Crippen LogP contribution in [0.15, 0.2) is 54.2 Å². The zero-order valence-electron chi connectivity index (χ0n) is 16.4. The Hall–Kier alpha value is -3.25. The van der Waals surface area contributed by atoms with Gasteiger partial charge in [-0.3, -0.25) is 0 Å². The van der Waals surface area contributed by atoms with Crippen LogP contribution in [0.3, 0.4) is 0 Å². The summed E-state index contributed by atoms with van der Waals surface area (Å²) >= 11 is 1.57. The Labute approximate surface area is 173 Å². The minimum Gasteiger partial charge on any atom is -0.478 e. The summed E-state index contributed by atoms with van der Waals surface area (Å²) in [4.78, 5) is 21.1. The fourth-order valence-electron chi connectivity index (χ4n) is 3.25. The van der Waals surface area contributed by atoms with E-state index < -0.39 is 5.97 Å². The van der Waals surface area contributed by atoms with E-state index in [2.05, 4.69) is 58.8 Å². The number of benzene rings is 2. The first-order chi connectivity index (χ1) is 13.9. The second-order valence-electron chi connectivity index (χ2n) is 7.29. The molecule has 0 saturated heterocycles. The maximum Gasteiger partial charge on any atom is 0.335 e. The second kappa shape index (κ2) is 7.64. The Balaban J connectivity index is 1.80. The number of carboxylic acid groups (broad SMARTS) is 1. The predicted octanol–water partition coefficient (Wildman–Crippen LogP) is 6.23. The molecule has 0 unspecified atom stereocenters. The summed E-state index contributed by atoms with van der Waals surface area (Å²) < 4.78 is 0. The van der Waals surface area contributed by atoms with Crippen molar-refractivity contribution in [3.05, 3.63) is 70.9 Å². The molecular formula is C23H21N3O2S. The highest BCUT2D eigenvalue weighted by molar-refractivity contribution is 7.17. The number of nitrogens with one attached hydrogen (secondary N) is 1. The van der Waals surface area contributed by atoms with Gasteiger partial charge in [0.15, 0.2) is 0 Å². The number of aryl methyl sites for hydroxylation is 1. The van der Waals surface area contributed by atoms with Gasteiger partial charge in [0.2, 0.25) is 0 Å². The average Bonchev–Trinajstić information content (AvgIpc) is 3.14. The lowest BCUT2D eigenvalue weighted by atomic mass is 9.99. The van der Waals surface area contributed by atoms with Crippen molar-refractivity contribution in [2.45, 2.75) is 26.7 Å². The Morgan fingerprint density at radius 1 is 1.10 bits per heavy atom. The monoisotopic (exact) mass is 403 g/mol. The third-order valence-electron chi connectivity index (χ3n) is 5.00. The molecule has 2 N–H and O–H groups in total. The topological polar surface area (TPSA) is 75.1 Å². The Morgan fingerprint density at radius 3 is 2.55 bits per heavy atom. The Morgan fingerprint density at radius 2 is 1.86 bits per heavy atom. The quantitative estimate of drug-likeness (QED) is 0.413. The Kier molecular flexibility index (Phi) is 5.03. The number of hydrogen-bond donors (Lipinski definition) is 2. The summed E-state index contributed by atoms with van der Waals surface area (Å²) in [5.41, 5.74) is 5.37. The van der Waals surface area contributed by atoms with Gasteiger partial charge < -0.3 is 10.4 Å². The van der Waals surface area contributed by atoms with E-state index in [1.165, 1.54) is 11.9 Å². The molecule has 5 nitrogen and oxygen atoms in total. The highest BCUT2D eigenvalue weighted by atomic mass is 32.1. The maximum absolute atomic E-state index is 11.4. The molecular weight excluding hydrogens is 382 g/mol. The average molecular weight is 404 g/mol. The van der Waals surface area contributed by atoms with Gasteiger partial charge in [0.1, 0.15) is 17.0 Å². The summed E-state index contributed by atoms with van der Waals surface area (Å²) in [6, 6.07) is 13.6. The van der Waals surface area contributed by atoms with Crippen LogP contribution in [0, 0.1) is 6.92 Å². The first-order valence-electron chi connectivity index (χ1n) is 9.37. The van der Waals surface area contributed by atoms with Gasteiger partial charge in [-0.15, -0.1) is 11.3 Å². The number of rotatable bonds is 5. The smallest absolute Gasteiger partial charge is 0.335 e. The third-order valence-corrected chi connectivity index (χ3v) is 5.88. The van der Waals surface area contributed by atoms with Crippen LogP contribution >= 0.6 is 11.3 Å². The van der Waals surface area contributed by atoms with E-state index in [0.717, 1.165) is 32.6 Å². The first-order valence-corrected chi connectivity index (χ1v) is 10.3. The fraction of sp³-hybridized carbons (Fsp3) is 0.174. The molecule has 2 aromatic carbocycles. The van der Waals surface area contributed by atoms with E-state index in [0.29, 0.717) is 11.7 Å². The molecule has 0 fully saturated rings. The van der Waals surface area contributed by atoms with Crippen LogP contribution in [0.4, 0.5) is 11.5 Å². The van der Waals surface area contributed by atoms with Gasteiger partial charge >= 0.3 is 5.97 Å². The van der Waals surface area contributed by atoms with Crippen LogP contribution in [0.2, 0.25) is 0 Å². The van der Waals surface area contributed by atoms with Crippen molar-refractivity contribution < 1.29 is 9.90 Å². The summed E-state index contributed by atoms with van der Waals surface area (Å²) in [5.74, 6) is 0.195. The lowest BCUT2D eigenvalue weighted by molar-refractivity contribution is 0.0697. The number of carbonyl (C=O) groups is 1. The molecule has 4 aromatic rings. The summed E-state index contributed by atoms with van der Waals surface area (Å²) in [6.45, 7) is 6.29. The highest BCUT2D eigenvalue weighted by Gasteiger charge is 2.15. The molecule has 29 heavy (non-hydrogen) atoms. The van der Waals surface area contributed by atoms with Gasteiger partial charge in [-0.1, -0.05) is 44.2 Å². The van der Waals surface area contributed by atoms with Crippen LogP contribution in [-0.2, 0) is 0 Å². The van der Waals surface area contributed by atoms with Crippen LogP contribution in [0.25, 0.3) is 21.3 Å². The highest BCUT2D eigenvalue weighted by Crippen LogP contribution is 2.38.